The second-order valence-electron chi connectivity index (χ2n) is 7.44. The Morgan fingerprint density at radius 1 is 1.35 bits per heavy atom. The third kappa shape index (κ3) is 6.39. The van der Waals surface area contributed by atoms with Crippen LogP contribution in [0.25, 0.3) is 0 Å². The quantitative estimate of drug-likeness (QED) is 0.310. The van der Waals surface area contributed by atoms with Crippen molar-refractivity contribution < 1.29 is 23.5 Å². The van der Waals surface area contributed by atoms with Crippen LogP contribution < -0.4 is 10.2 Å². The van der Waals surface area contributed by atoms with Gasteiger partial charge in [-0.3, -0.25) is 15.0 Å². The van der Waals surface area contributed by atoms with E-state index in [1.54, 1.807) is 13.1 Å². The summed E-state index contributed by atoms with van der Waals surface area (Å²) in [5.74, 6) is -2.14. The number of benzene rings is 1. The van der Waals surface area contributed by atoms with Gasteiger partial charge in [0, 0.05) is 18.4 Å². The van der Waals surface area contributed by atoms with Crippen LogP contribution in [0.3, 0.4) is 0 Å². The number of carboxylic acids is 1. The van der Waals surface area contributed by atoms with E-state index in [0.29, 0.717) is 10.9 Å². The molecular weight excluding hydrogens is 512 g/mol. The summed E-state index contributed by atoms with van der Waals surface area (Å²) in [6.07, 6.45) is 5.54. The van der Waals surface area contributed by atoms with Crippen LogP contribution in [0, 0.1) is 23.5 Å². The third-order valence-corrected chi connectivity index (χ3v) is 8.01. The molecule has 168 valence electrons. The van der Waals surface area contributed by atoms with Crippen molar-refractivity contribution in [3.05, 3.63) is 34.4 Å². The SMILES string of the molecule is CC(CSc1cnc(NC(=O)N(CC2CCCC2)c2cc(F)c(Br)cc2F)s1)C(=O)O. The number of halogens is 3. The third-order valence-electron chi connectivity index (χ3n) is 5.04. The summed E-state index contributed by atoms with van der Waals surface area (Å²) >= 11 is 5.51. The van der Waals surface area contributed by atoms with Crippen molar-refractivity contribution in [2.75, 3.05) is 22.5 Å². The smallest absolute Gasteiger partial charge is 0.328 e. The van der Waals surface area contributed by atoms with Gasteiger partial charge in [0.15, 0.2) is 5.13 Å². The number of thiazole rings is 1. The zero-order valence-corrected chi connectivity index (χ0v) is 20.0. The number of hydrogen-bond acceptors (Lipinski definition) is 5. The monoisotopic (exact) mass is 533 g/mol. The van der Waals surface area contributed by atoms with Gasteiger partial charge >= 0.3 is 12.0 Å². The van der Waals surface area contributed by atoms with Crippen molar-refractivity contribution in [3.8, 4) is 0 Å². The van der Waals surface area contributed by atoms with Crippen molar-refractivity contribution in [2.45, 2.75) is 36.8 Å². The highest BCUT2D eigenvalue weighted by Crippen LogP contribution is 2.33. The van der Waals surface area contributed by atoms with E-state index >= 15 is 0 Å². The molecule has 0 radical (unpaired) electrons. The van der Waals surface area contributed by atoms with Gasteiger partial charge in [-0.2, -0.15) is 0 Å². The average molecular weight is 534 g/mol. The molecule has 0 bridgehead atoms. The molecule has 6 nitrogen and oxygen atoms in total. The second kappa shape index (κ2) is 10.7. The maximum absolute atomic E-state index is 14.6. The van der Waals surface area contributed by atoms with Crippen molar-refractivity contribution in [1.82, 2.24) is 4.98 Å². The summed E-state index contributed by atoms with van der Waals surface area (Å²) in [7, 11) is 0. The minimum Gasteiger partial charge on any atom is -0.481 e. The van der Waals surface area contributed by atoms with Crippen LogP contribution in [0.15, 0.2) is 27.0 Å². The topological polar surface area (TPSA) is 82.5 Å². The fourth-order valence-corrected chi connectivity index (χ4v) is 5.50. The molecule has 1 heterocycles. The molecule has 0 spiro atoms. The van der Waals surface area contributed by atoms with Crippen molar-refractivity contribution in [2.24, 2.45) is 11.8 Å². The molecule has 1 aliphatic rings. The zero-order chi connectivity index (χ0) is 22.5. The number of aliphatic carboxylic acids is 1. The molecule has 0 aliphatic heterocycles. The van der Waals surface area contributed by atoms with Crippen molar-refractivity contribution >= 4 is 61.8 Å². The molecule has 2 N–H and O–H groups in total. The van der Waals surface area contributed by atoms with Gasteiger partial charge in [-0.05, 0) is 40.8 Å². The number of anilines is 2. The van der Waals surface area contributed by atoms with Crippen LogP contribution in [-0.4, -0.2) is 34.4 Å². The summed E-state index contributed by atoms with van der Waals surface area (Å²) < 4.78 is 29.5. The highest BCUT2D eigenvalue weighted by molar-refractivity contribution is 9.10. The van der Waals surface area contributed by atoms with Gasteiger partial charge < -0.3 is 5.11 Å². The molecule has 1 aromatic heterocycles. The average Bonchev–Trinajstić information content (AvgIpc) is 3.39. The van der Waals surface area contributed by atoms with E-state index in [4.69, 9.17) is 5.11 Å². The van der Waals surface area contributed by atoms with E-state index < -0.39 is 29.6 Å². The number of urea groups is 1. The molecule has 31 heavy (non-hydrogen) atoms. The number of thioether (sulfide) groups is 1. The molecule has 1 saturated carbocycles. The lowest BCUT2D eigenvalue weighted by atomic mass is 10.1. The van der Waals surface area contributed by atoms with E-state index in [-0.39, 0.29) is 22.6 Å². The van der Waals surface area contributed by atoms with Crippen LogP contribution in [0.1, 0.15) is 32.6 Å². The molecule has 2 aromatic rings. The summed E-state index contributed by atoms with van der Waals surface area (Å²) in [6, 6.07) is 1.45. The number of carbonyl (C=O) groups excluding carboxylic acids is 1. The number of carboxylic acid groups (broad SMARTS) is 1. The molecule has 1 atom stereocenters. The molecule has 1 fully saturated rings. The standard InChI is InChI=1S/C20H22BrF2N3O3S2/c1-11(18(27)28)10-30-17-8-24-19(31-17)25-20(29)26(9-12-4-2-3-5-12)16-7-14(22)13(21)6-15(16)23/h6-8,11-12H,2-5,9-10H2,1H3,(H,27,28)(H,24,25,29). The van der Waals surface area contributed by atoms with Crippen LogP contribution in [0.2, 0.25) is 0 Å². The van der Waals surface area contributed by atoms with Gasteiger partial charge in [-0.25, -0.2) is 18.6 Å². The van der Waals surface area contributed by atoms with Crippen LogP contribution >= 0.6 is 39.0 Å². The zero-order valence-electron chi connectivity index (χ0n) is 16.7. The minimum atomic E-state index is -0.878. The Bertz CT molecular complexity index is 954. The molecule has 0 saturated heterocycles. The molecular formula is C20H22BrF2N3O3S2. The molecule has 1 aromatic carbocycles. The van der Waals surface area contributed by atoms with Gasteiger partial charge in [0.05, 0.1) is 26.5 Å². The van der Waals surface area contributed by atoms with Gasteiger partial charge in [-0.1, -0.05) is 31.1 Å². The molecule has 3 rings (SSSR count). The lowest BCUT2D eigenvalue weighted by Crippen LogP contribution is -2.39. The number of nitrogens with one attached hydrogen (secondary N) is 1. The maximum atomic E-state index is 14.6. The number of hydrogen-bond donors (Lipinski definition) is 2. The van der Waals surface area contributed by atoms with Crippen molar-refractivity contribution in [1.29, 1.82) is 0 Å². The van der Waals surface area contributed by atoms with Gasteiger partial charge in [0.1, 0.15) is 11.6 Å². The Balaban J connectivity index is 1.74. The molecule has 11 heteroatoms. The first-order chi connectivity index (χ1) is 14.7. The second-order valence-corrected chi connectivity index (χ2v) is 10.6. The Labute approximate surface area is 195 Å². The number of carbonyl (C=O) groups is 2. The molecule has 1 aliphatic carbocycles. The summed E-state index contributed by atoms with van der Waals surface area (Å²) in [6.45, 7) is 1.90. The molecule has 1 unspecified atom stereocenters. The summed E-state index contributed by atoms with van der Waals surface area (Å²) in [5, 5.41) is 12.0. The maximum Gasteiger partial charge on any atom is 0.328 e. The van der Waals surface area contributed by atoms with Crippen LogP contribution in [0.4, 0.5) is 24.4 Å². The number of rotatable bonds is 8. The van der Waals surface area contributed by atoms with E-state index in [1.807, 2.05) is 0 Å². The lowest BCUT2D eigenvalue weighted by Gasteiger charge is -2.26. The largest absolute Gasteiger partial charge is 0.481 e. The number of aromatic nitrogens is 1. The summed E-state index contributed by atoms with van der Waals surface area (Å²) in [5.41, 5.74) is -0.119. The van der Waals surface area contributed by atoms with E-state index in [1.165, 1.54) is 28.0 Å². The number of nitrogens with zero attached hydrogens (tertiary/aromatic N) is 2. The fourth-order valence-electron chi connectivity index (χ4n) is 3.28. The Kier molecular flexibility index (Phi) is 8.29. The first kappa shape index (κ1) is 23.9. The number of amides is 2. The highest BCUT2D eigenvalue weighted by Gasteiger charge is 2.27. The lowest BCUT2D eigenvalue weighted by molar-refractivity contribution is -0.140. The van der Waals surface area contributed by atoms with E-state index in [9.17, 15) is 18.4 Å². The molecule has 2 amide bonds. The first-order valence-electron chi connectivity index (χ1n) is 9.79. The van der Waals surface area contributed by atoms with Crippen molar-refractivity contribution in [3.63, 3.8) is 0 Å². The first-order valence-corrected chi connectivity index (χ1v) is 12.4. The predicted molar refractivity (Wildman–Crippen MR) is 122 cm³/mol. The van der Waals surface area contributed by atoms with Gasteiger partial charge in [0.2, 0.25) is 0 Å². The Morgan fingerprint density at radius 3 is 2.74 bits per heavy atom. The predicted octanol–water partition coefficient (Wildman–Crippen LogP) is 6.23. The normalized spacial score (nSPS) is 15.1. The Hall–Kier alpha value is -1.72. The van der Waals surface area contributed by atoms with Gasteiger partial charge in [-0.15, -0.1) is 11.8 Å². The highest BCUT2D eigenvalue weighted by atomic mass is 79.9. The van der Waals surface area contributed by atoms with Gasteiger partial charge in [0.25, 0.3) is 0 Å². The van der Waals surface area contributed by atoms with E-state index in [2.05, 4.69) is 26.2 Å². The fraction of sp³-hybridized carbons (Fsp3) is 0.450. The minimum absolute atomic E-state index is 0.00726. The van der Waals surface area contributed by atoms with Crippen LogP contribution in [-0.2, 0) is 4.79 Å². The van der Waals surface area contributed by atoms with E-state index in [0.717, 1.165) is 42.0 Å². The summed E-state index contributed by atoms with van der Waals surface area (Å²) in [4.78, 5) is 29.4. The van der Waals surface area contributed by atoms with Crippen LogP contribution in [0.5, 0.6) is 0 Å². The Morgan fingerprint density at radius 2 is 2.06 bits per heavy atom.